The van der Waals surface area contributed by atoms with E-state index in [9.17, 15) is 8.42 Å². The van der Waals surface area contributed by atoms with Crippen LogP contribution in [0.4, 0.5) is 0 Å². The van der Waals surface area contributed by atoms with Crippen molar-refractivity contribution in [1.29, 1.82) is 0 Å². The normalized spacial score (nSPS) is 14.6. The van der Waals surface area contributed by atoms with E-state index < -0.39 is 17.1 Å². The molecule has 1 aliphatic rings. The molecule has 8 heteroatoms. The SMILES string of the molecule is C=C1OB(c2ccc(CCNS(=O)(=O)c3cccs3)cc2)OC1=C. The molecule has 0 atom stereocenters. The quantitative estimate of drug-likeness (QED) is 0.800. The smallest absolute Gasteiger partial charge is 0.520 e. The number of thiophene rings is 1. The Hall–Kier alpha value is -2.03. The first-order valence-electron chi connectivity index (χ1n) is 7.29. The van der Waals surface area contributed by atoms with Gasteiger partial charge in [-0.1, -0.05) is 43.5 Å². The van der Waals surface area contributed by atoms with Gasteiger partial charge in [0.15, 0.2) is 0 Å². The summed E-state index contributed by atoms with van der Waals surface area (Å²) in [6.07, 6.45) is 0.594. The summed E-state index contributed by atoms with van der Waals surface area (Å²) < 4.78 is 37.9. The van der Waals surface area contributed by atoms with Gasteiger partial charge in [0.2, 0.25) is 10.0 Å². The van der Waals surface area contributed by atoms with Crippen molar-refractivity contribution in [1.82, 2.24) is 4.72 Å². The molecule has 0 unspecified atom stereocenters. The van der Waals surface area contributed by atoms with Gasteiger partial charge in [0.1, 0.15) is 15.7 Å². The maximum atomic E-state index is 12.0. The van der Waals surface area contributed by atoms with Gasteiger partial charge in [0, 0.05) is 12.0 Å². The number of benzene rings is 1. The van der Waals surface area contributed by atoms with Crippen molar-refractivity contribution in [2.24, 2.45) is 0 Å². The molecule has 2 heterocycles. The topological polar surface area (TPSA) is 64.6 Å². The molecular weight excluding hydrogens is 345 g/mol. The molecule has 0 spiro atoms. The van der Waals surface area contributed by atoms with E-state index in [0.29, 0.717) is 28.7 Å². The van der Waals surface area contributed by atoms with Crippen molar-refractivity contribution >= 4 is 33.9 Å². The van der Waals surface area contributed by atoms with Crippen molar-refractivity contribution < 1.29 is 17.7 Å². The Morgan fingerprint density at radius 1 is 1.08 bits per heavy atom. The van der Waals surface area contributed by atoms with Crippen LogP contribution in [0.1, 0.15) is 5.56 Å². The highest BCUT2D eigenvalue weighted by Gasteiger charge is 2.34. The summed E-state index contributed by atoms with van der Waals surface area (Å²) in [5, 5.41) is 1.74. The fourth-order valence-corrected chi connectivity index (χ4v) is 4.28. The molecule has 1 N–H and O–H groups in total. The van der Waals surface area contributed by atoms with Gasteiger partial charge in [-0.15, -0.1) is 11.3 Å². The van der Waals surface area contributed by atoms with E-state index in [2.05, 4.69) is 17.9 Å². The summed E-state index contributed by atoms with van der Waals surface area (Å²) in [7, 11) is -3.93. The highest BCUT2D eigenvalue weighted by molar-refractivity contribution is 7.91. The average molecular weight is 361 g/mol. The molecule has 0 bridgehead atoms. The lowest BCUT2D eigenvalue weighted by Gasteiger charge is -2.07. The van der Waals surface area contributed by atoms with E-state index in [1.807, 2.05) is 24.3 Å². The van der Waals surface area contributed by atoms with Gasteiger partial charge in [0.05, 0.1) is 0 Å². The van der Waals surface area contributed by atoms with Crippen LogP contribution >= 0.6 is 11.3 Å². The number of hydrogen-bond donors (Lipinski definition) is 1. The standard InChI is InChI=1S/C16H16BNO4S2/c1-12-13(2)22-17(21-12)15-7-5-14(6-8-15)9-10-18-24(19,20)16-4-3-11-23-16/h3-8,11,18H,1-2,9-10H2. The van der Waals surface area contributed by atoms with Gasteiger partial charge in [-0.3, -0.25) is 0 Å². The number of rotatable bonds is 6. The van der Waals surface area contributed by atoms with Crippen LogP contribution in [0.15, 0.2) is 70.7 Å². The molecule has 1 aromatic carbocycles. The Morgan fingerprint density at radius 2 is 1.75 bits per heavy atom. The summed E-state index contributed by atoms with van der Waals surface area (Å²) in [5.41, 5.74) is 1.88. The van der Waals surface area contributed by atoms with E-state index in [4.69, 9.17) is 9.31 Å². The molecule has 0 aliphatic carbocycles. The van der Waals surface area contributed by atoms with E-state index >= 15 is 0 Å². The molecule has 3 rings (SSSR count). The average Bonchev–Trinajstić information content (AvgIpc) is 3.19. The monoisotopic (exact) mass is 361 g/mol. The van der Waals surface area contributed by atoms with Crippen molar-refractivity contribution in [2.75, 3.05) is 6.54 Å². The lowest BCUT2D eigenvalue weighted by Crippen LogP contribution is -2.31. The zero-order valence-corrected chi connectivity index (χ0v) is 14.5. The second-order valence-electron chi connectivity index (χ2n) is 5.24. The van der Waals surface area contributed by atoms with E-state index in [-0.39, 0.29) is 0 Å². The number of nitrogens with one attached hydrogen (secondary N) is 1. The first-order chi connectivity index (χ1) is 11.5. The highest BCUT2D eigenvalue weighted by atomic mass is 32.2. The predicted molar refractivity (Wildman–Crippen MR) is 95.5 cm³/mol. The van der Waals surface area contributed by atoms with Crippen LogP contribution in [0.3, 0.4) is 0 Å². The molecule has 24 heavy (non-hydrogen) atoms. The maximum absolute atomic E-state index is 12.0. The Kier molecular flexibility index (Phi) is 4.79. The van der Waals surface area contributed by atoms with Gasteiger partial charge in [0.25, 0.3) is 0 Å². The third-order valence-corrected chi connectivity index (χ3v) is 6.39. The van der Waals surface area contributed by atoms with Gasteiger partial charge < -0.3 is 9.31 Å². The summed E-state index contributed by atoms with van der Waals surface area (Å²) >= 11 is 1.20. The predicted octanol–water partition coefficient (Wildman–Crippen LogP) is 2.04. The lowest BCUT2D eigenvalue weighted by atomic mass is 9.79. The van der Waals surface area contributed by atoms with Crippen LogP contribution in [0.5, 0.6) is 0 Å². The van der Waals surface area contributed by atoms with E-state index in [1.54, 1.807) is 17.5 Å². The number of sulfonamides is 1. The van der Waals surface area contributed by atoms with E-state index in [0.717, 1.165) is 11.0 Å². The maximum Gasteiger partial charge on any atom is 0.632 e. The zero-order chi connectivity index (χ0) is 17.2. The van der Waals surface area contributed by atoms with Gasteiger partial charge in [-0.25, -0.2) is 13.1 Å². The third-order valence-electron chi connectivity index (χ3n) is 3.53. The Balaban J connectivity index is 1.55. The molecule has 1 fully saturated rings. The first-order valence-corrected chi connectivity index (χ1v) is 9.65. The fourth-order valence-electron chi connectivity index (χ4n) is 2.21. The molecular formula is C16H16BNO4S2. The summed E-state index contributed by atoms with van der Waals surface area (Å²) in [6, 6.07) is 10.9. The van der Waals surface area contributed by atoms with Crippen LogP contribution in [-0.2, 0) is 25.8 Å². The minimum atomic E-state index is -3.41. The molecule has 124 valence electrons. The molecule has 0 amide bonds. The van der Waals surface area contributed by atoms with Crippen molar-refractivity contribution in [3.05, 3.63) is 72.0 Å². The minimum Gasteiger partial charge on any atom is -0.520 e. The third kappa shape index (κ3) is 3.72. The van der Waals surface area contributed by atoms with Crippen LogP contribution in [0.2, 0.25) is 0 Å². The second kappa shape index (κ2) is 6.84. The summed E-state index contributed by atoms with van der Waals surface area (Å²) in [5.74, 6) is 0.874. The molecule has 0 saturated carbocycles. The van der Waals surface area contributed by atoms with Crippen LogP contribution in [-0.4, -0.2) is 22.1 Å². The van der Waals surface area contributed by atoms with Gasteiger partial charge in [-0.2, -0.15) is 0 Å². The fraction of sp³-hybridized carbons (Fsp3) is 0.125. The number of hydrogen-bond acceptors (Lipinski definition) is 5. The van der Waals surface area contributed by atoms with E-state index in [1.165, 1.54) is 11.3 Å². The van der Waals surface area contributed by atoms with Crippen LogP contribution in [0.25, 0.3) is 0 Å². The zero-order valence-electron chi connectivity index (χ0n) is 12.9. The second-order valence-corrected chi connectivity index (χ2v) is 8.18. The minimum absolute atomic E-state index is 0.328. The Morgan fingerprint density at radius 3 is 2.33 bits per heavy atom. The Labute approximate surface area is 145 Å². The molecule has 0 radical (unpaired) electrons. The lowest BCUT2D eigenvalue weighted by molar-refractivity contribution is 0.431. The summed E-state index contributed by atoms with van der Waals surface area (Å²) in [4.78, 5) is 0. The van der Waals surface area contributed by atoms with Crippen molar-refractivity contribution in [3.63, 3.8) is 0 Å². The molecule has 2 aromatic rings. The summed E-state index contributed by atoms with van der Waals surface area (Å²) in [6.45, 7) is 7.74. The van der Waals surface area contributed by atoms with Crippen molar-refractivity contribution in [2.45, 2.75) is 10.6 Å². The first kappa shape index (κ1) is 16.8. The van der Waals surface area contributed by atoms with Crippen LogP contribution < -0.4 is 10.2 Å². The largest absolute Gasteiger partial charge is 0.632 e. The highest BCUT2D eigenvalue weighted by Crippen LogP contribution is 2.20. The molecule has 1 saturated heterocycles. The molecule has 1 aliphatic heterocycles. The van der Waals surface area contributed by atoms with Crippen LogP contribution in [0, 0.1) is 0 Å². The van der Waals surface area contributed by atoms with Gasteiger partial charge in [-0.05, 0) is 23.4 Å². The van der Waals surface area contributed by atoms with Gasteiger partial charge >= 0.3 is 7.12 Å². The molecule has 5 nitrogen and oxygen atoms in total. The Bertz CT molecular complexity index is 829. The van der Waals surface area contributed by atoms with Crippen molar-refractivity contribution in [3.8, 4) is 0 Å². The molecule has 1 aromatic heterocycles.